The molecule has 1 aromatic carbocycles. The number of hydrogen-bond donors (Lipinski definition) is 0. The van der Waals surface area contributed by atoms with Gasteiger partial charge in [-0.25, -0.2) is 9.97 Å². The topological polar surface area (TPSA) is 35.0 Å². The molecule has 170 valence electrons. The van der Waals surface area contributed by atoms with E-state index in [4.69, 9.17) is 16.3 Å². The quantitative estimate of drug-likeness (QED) is 0.310. The van der Waals surface area contributed by atoms with Crippen LogP contribution in [0.3, 0.4) is 0 Å². The fourth-order valence-electron chi connectivity index (χ4n) is 4.60. The first-order valence-corrected chi connectivity index (χ1v) is 12.8. The first-order chi connectivity index (χ1) is 15.2. The Bertz CT molecular complexity index is 769. The molecular formula is C27H39ClN2O. The summed E-state index contributed by atoms with van der Waals surface area (Å²) in [6.45, 7) is 5.24. The number of aryl methyl sites for hydroxylation is 1. The van der Waals surface area contributed by atoms with Crippen molar-refractivity contribution < 1.29 is 4.74 Å². The van der Waals surface area contributed by atoms with Crippen LogP contribution >= 0.6 is 11.6 Å². The van der Waals surface area contributed by atoms with Crippen molar-refractivity contribution in [3.8, 4) is 17.1 Å². The van der Waals surface area contributed by atoms with E-state index in [1.165, 1.54) is 76.2 Å². The van der Waals surface area contributed by atoms with E-state index in [2.05, 4.69) is 35.9 Å². The molecular weight excluding hydrogens is 404 g/mol. The minimum atomic E-state index is 0.483. The Labute approximate surface area is 194 Å². The fourth-order valence-corrected chi connectivity index (χ4v) is 4.87. The van der Waals surface area contributed by atoms with E-state index in [9.17, 15) is 0 Å². The normalized spacial score (nSPS) is 18.8. The summed E-state index contributed by atoms with van der Waals surface area (Å²) < 4.78 is 5.92. The highest BCUT2D eigenvalue weighted by atomic mass is 35.5. The molecule has 1 aliphatic carbocycles. The summed E-state index contributed by atoms with van der Waals surface area (Å²) in [6, 6.07) is 6.76. The van der Waals surface area contributed by atoms with E-state index in [1.54, 1.807) is 0 Å². The van der Waals surface area contributed by atoms with E-state index in [0.717, 1.165) is 35.1 Å². The summed E-state index contributed by atoms with van der Waals surface area (Å²) in [6.07, 6.45) is 19.1. The molecule has 0 saturated heterocycles. The number of nitrogens with zero attached hydrogens (tertiary/aromatic N) is 2. The van der Waals surface area contributed by atoms with Crippen LogP contribution in [-0.2, 0) is 6.42 Å². The van der Waals surface area contributed by atoms with E-state index < -0.39 is 0 Å². The number of hydrogen-bond acceptors (Lipinski definition) is 3. The summed E-state index contributed by atoms with van der Waals surface area (Å²) in [5.74, 6) is 1.58. The Balaban J connectivity index is 1.45. The maximum absolute atomic E-state index is 6.51. The van der Waals surface area contributed by atoms with Crippen molar-refractivity contribution in [2.24, 2.45) is 11.8 Å². The highest BCUT2D eigenvalue weighted by Gasteiger charge is 2.21. The van der Waals surface area contributed by atoms with Gasteiger partial charge in [0.05, 0.1) is 6.61 Å². The van der Waals surface area contributed by atoms with Crippen LogP contribution in [0.1, 0.15) is 90.0 Å². The van der Waals surface area contributed by atoms with Crippen molar-refractivity contribution in [3.63, 3.8) is 0 Å². The van der Waals surface area contributed by atoms with E-state index >= 15 is 0 Å². The van der Waals surface area contributed by atoms with Crippen molar-refractivity contribution in [2.45, 2.75) is 90.9 Å². The van der Waals surface area contributed by atoms with Gasteiger partial charge in [0, 0.05) is 23.0 Å². The van der Waals surface area contributed by atoms with Gasteiger partial charge in [0.1, 0.15) is 0 Å². The van der Waals surface area contributed by atoms with Gasteiger partial charge in [-0.2, -0.15) is 0 Å². The zero-order valence-electron chi connectivity index (χ0n) is 19.4. The van der Waals surface area contributed by atoms with Gasteiger partial charge in [0.15, 0.2) is 0 Å². The molecule has 1 aromatic heterocycles. The lowest BCUT2D eigenvalue weighted by Crippen LogP contribution is -2.20. The molecule has 2 aromatic rings. The average Bonchev–Trinajstić information content (AvgIpc) is 2.80. The van der Waals surface area contributed by atoms with Gasteiger partial charge in [0.2, 0.25) is 0 Å². The SMILES string of the molecule is CCCCCc1ccc(-c2cnc(OCC3CCC(CCCCC)CC3)nc2)cc1Cl. The average molecular weight is 443 g/mol. The molecule has 0 aliphatic heterocycles. The monoisotopic (exact) mass is 442 g/mol. The van der Waals surface area contributed by atoms with Gasteiger partial charge in [-0.05, 0) is 54.7 Å². The number of halogens is 1. The molecule has 0 atom stereocenters. The molecule has 0 spiro atoms. The van der Waals surface area contributed by atoms with Gasteiger partial charge in [-0.15, -0.1) is 0 Å². The molecule has 31 heavy (non-hydrogen) atoms. The van der Waals surface area contributed by atoms with Crippen LogP contribution in [0.15, 0.2) is 30.6 Å². The molecule has 0 amide bonds. The molecule has 0 unspecified atom stereocenters. The first kappa shape index (κ1) is 24.0. The van der Waals surface area contributed by atoms with Crippen LogP contribution in [0.25, 0.3) is 11.1 Å². The van der Waals surface area contributed by atoms with E-state index in [-0.39, 0.29) is 0 Å². The third kappa shape index (κ3) is 7.79. The van der Waals surface area contributed by atoms with Gasteiger partial charge in [0.25, 0.3) is 0 Å². The van der Waals surface area contributed by atoms with Gasteiger partial charge in [-0.3, -0.25) is 0 Å². The lowest BCUT2D eigenvalue weighted by Gasteiger charge is -2.28. The lowest BCUT2D eigenvalue weighted by molar-refractivity contribution is 0.169. The third-order valence-corrected chi connectivity index (χ3v) is 7.05. The fraction of sp³-hybridized carbons (Fsp3) is 0.630. The van der Waals surface area contributed by atoms with Crippen LogP contribution in [0, 0.1) is 11.8 Å². The molecule has 3 rings (SSSR count). The lowest BCUT2D eigenvalue weighted by atomic mass is 9.80. The largest absolute Gasteiger partial charge is 0.463 e. The Morgan fingerprint density at radius 1 is 0.871 bits per heavy atom. The first-order valence-electron chi connectivity index (χ1n) is 12.4. The maximum atomic E-state index is 6.51. The van der Waals surface area contributed by atoms with E-state index in [0.29, 0.717) is 11.9 Å². The molecule has 1 heterocycles. The van der Waals surface area contributed by atoms with Crippen LogP contribution in [0.5, 0.6) is 6.01 Å². The zero-order chi connectivity index (χ0) is 21.9. The molecule has 0 radical (unpaired) electrons. The minimum absolute atomic E-state index is 0.483. The standard InChI is InChI=1S/C27H39ClN2O/c1-3-5-7-9-21-11-13-22(14-12-21)20-31-27-29-18-25(19-30-27)24-16-15-23(26(28)17-24)10-8-6-4-2/h15-19,21-22H,3-14,20H2,1-2H3. The second-order valence-corrected chi connectivity index (χ2v) is 9.62. The van der Waals surface area contributed by atoms with Crippen molar-refractivity contribution in [3.05, 3.63) is 41.2 Å². The number of benzene rings is 1. The van der Waals surface area contributed by atoms with Crippen LogP contribution in [0.2, 0.25) is 5.02 Å². The number of aromatic nitrogens is 2. The van der Waals surface area contributed by atoms with Crippen LogP contribution < -0.4 is 4.74 Å². The highest BCUT2D eigenvalue weighted by Crippen LogP contribution is 2.32. The second kappa shape index (κ2) is 13.1. The van der Waals surface area contributed by atoms with Gasteiger partial charge >= 0.3 is 6.01 Å². The van der Waals surface area contributed by atoms with Crippen molar-refractivity contribution >= 4 is 11.6 Å². The predicted molar refractivity (Wildman–Crippen MR) is 131 cm³/mol. The van der Waals surface area contributed by atoms with Gasteiger partial charge in [-0.1, -0.05) is 88.9 Å². The summed E-state index contributed by atoms with van der Waals surface area (Å²) in [5.41, 5.74) is 3.25. The molecule has 0 bridgehead atoms. The van der Waals surface area contributed by atoms with Crippen LogP contribution in [-0.4, -0.2) is 16.6 Å². The Kier molecular flexibility index (Phi) is 10.1. The number of ether oxygens (including phenoxy) is 1. The predicted octanol–water partition coefficient (Wildman–Crippen LogP) is 8.30. The molecule has 3 nitrogen and oxygen atoms in total. The van der Waals surface area contributed by atoms with Crippen molar-refractivity contribution in [1.29, 1.82) is 0 Å². The second-order valence-electron chi connectivity index (χ2n) is 9.21. The Morgan fingerprint density at radius 3 is 2.23 bits per heavy atom. The van der Waals surface area contributed by atoms with Crippen molar-refractivity contribution in [1.82, 2.24) is 9.97 Å². The molecule has 1 fully saturated rings. The third-order valence-electron chi connectivity index (χ3n) is 6.69. The minimum Gasteiger partial charge on any atom is -0.463 e. The molecule has 1 aliphatic rings. The van der Waals surface area contributed by atoms with Crippen LogP contribution in [0.4, 0.5) is 0 Å². The summed E-state index contributed by atoms with van der Waals surface area (Å²) in [5, 5.41) is 0.833. The number of rotatable bonds is 12. The molecule has 0 N–H and O–H groups in total. The summed E-state index contributed by atoms with van der Waals surface area (Å²) >= 11 is 6.51. The maximum Gasteiger partial charge on any atom is 0.316 e. The zero-order valence-corrected chi connectivity index (χ0v) is 20.2. The van der Waals surface area contributed by atoms with E-state index in [1.807, 2.05) is 18.5 Å². The van der Waals surface area contributed by atoms with Crippen molar-refractivity contribution in [2.75, 3.05) is 6.61 Å². The summed E-state index contributed by atoms with van der Waals surface area (Å²) in [7, 11) is 0. The Morgan fingerprint density at radius 2 is 1.55 bits per heavy atom. The Hall–Kier alpha value is -1.61. The molecule has 4 heteroatoms. The number of unbranched alkanes of at least 4 members (excludes halogenated alkanes) is 4. The highest BCUT2D eigenvalue weighted by molar-refractivity contribution is 6.31. The molecule has 1 saturated carbocycles. The smallest absolute Gasteiger partial charge is 0.316 e. The summed E-state index contributed by atoms with van der Waals surface area (Å²) in [4.78, 5) is 8.88. The van der Waals surface area contributed by atoms with Gasteiger partial charge < -0.3 is 4.74 Å².